The molecule has 0 fully saturated rings. The highest BCUT2D eigenvalue weighted by molar-refractivity contribution is 6.30. The summed E-state index contributed by atoms with van der Waals surface area (Å²) >= 11 is 5.83. The van der Waals surface area contributed by atoms with Gasteiger partial charge in [-0.2, -0.15) is 0 Å². The Kier molecular flexibility index (Phi) is 6.25. The molecule has 0 radical (unpaired) electrons. The molecular weight excluding hydrogens is 284 g/mol. The van der Waals surface area contributed by atoms with Gasteiger partial charge in [-0.15, -0.1) is 0 Å². The quantitative estimate of drug-likeness (QED) is 0.772. The van der Waals surface area contributed by atoms with Gasteiger partial charge >= 0.3 is 0 Å². The van der Waals surface area contributed by atoms with E-state index < -0.39 is 0 Å². The molecule has 0 aliphatic carbocycles. The predicted octanol–water partition coefficient (Wildman–Crippen LogP) is 2.79. The molecule has 0 aliphatic rings. The van der Waals surface area contributed by atoms with E-state index in [1.54, 1.807) is 0 Å². The first-order chi connectivity index (χ1) is 10.2. The van der Waals surface area contributed by atoms with Gasteiger partial charge in [-0.3, -0.25) is 4.79 Å². The van der Waals surface area contributed by atoms with E-state index >= 15 is 0 Å². The van der Waals surface area contributed by atoms with Gasteiger partial charge in [0.05, 0.1) is 6.54 Å². The van der Waals surface area contributed by atoms with Gasteiger partial charge in [-0.1, -0.05) is 54.1 Å². The Hall–Kier alpha value is -1.84. The van der Waals surface area contributed by atoms with Crippen molar-refractivity contribution in [1.82, 2.24) is 10.6 Å². The van der Waals surface area contributed by atoms with Crippen LogP contribution in [0.2, 0.25) is 5.02 Å². The summed E-state index contributed by atoms with van der Waals surface area (Å²) in [6.07, 6.45) is 0.878. The van der Waals surface area contributed by atoms with Crippen molar-refractivity contribution in [2.45, 2.75) is 13.0 Å². The van der Waals surface area contributed by atoms with Crippen LogP contribution in [0.3, 0.4) is 0 Å². The second kappa shape index (κ2) is 8.45. The first-order valence-electron chi connectivity index (χ1n) is 7.00. The van der Waals surface area contributed by atoms with Crippen LogP contribution in [0.1, 0.15) is 11.1 Å². The highest BCUT2D eigenvalue weighted by Crippen LogP contribution is 2.09. The fourth-order valence-electron chi connectivity index (χ4n) is 1.94. The Morgan fingerprint density at radius 3 is 2.38 bits per heavy atom. The summed E-state index contributed by atoms with van der Waals surface area (Å²) in [7, 11) is 0. The highest BCUT2D eigenvalue weighted by atomic mass is 35.5. The molecule has 0 bridgehead atoms. The molecule has 21 heavy (non-hydrogen) atoms. The zero-order valence-electron chi connectivity index (χ0n) is 11.8. The summed E-state index contributed by atoms with van der Waals surface area (Å²) in [4.78, 5) is 11.7. The summed E-state index contributed by atoms with van der Waals surface area (Å²) in [5.41, 5.74) is 2.31. The maximum atomic E-state index is 11.7. The fraction of sp³-hybridized carbons (Fsp3) is 0.235. The van der Waals surface area contributed by atoms with Gasteiger partial charge in [0, 0.05) is 11.6 Å². The van der Waals surface area contributed by atoms with Crippen molar-refractivity contribution in [1.29, 1.82) is 0 Å². The number of hydrogen-bond acceptors (Lipinski definition) is 2. The summed E-state index contributed by atoms with van der Waals surface area (Å²) in [5.74, 6) is 0.00922. The van der Waals surface area contributed by atoms with Crippen LogP contribution in [0.15, 0.2) is 54.6 Å². The van der Waals surface area contributed by atoms with E-state index in [-0.39, 0.29) is 5.91 Å². The third-order valence-electron chi connectivity index (χ3n) is 3.12. The number of hydrogen-bond donors (Lipinski definition) is 2. The molecule has 0 atom stereocenters. The largest absolute Gasteiger partial charge is 0.351 e. The van der Waals surface area contributed by atoms with Crippen LogP contribution in [0.4, 0.5) is 0 Å². The molecule has 0 aromatic heterocycles. The molecule has 4 heteroatoms. The molecule has 0 unspecified atom stereocenters. The van der Waals surface area contributed by atoms with Crippen molar-refractivity contribution in [3.63, 3.8) is 0 Å². The minimum absolute atomic E-state index is 0.00922. The third-order valence-corrected chi connectivity index (χ3v) is 3.37. The van der Waals surface area contributed by atoms with Crippen LogP contribution < -0.4 is 10.6 Å². The van der Waals surface area contributed by atoms with Crippen molar-refractivity contribution in [2.75, 3.05) is 13.1 Å². The zero-order valence-corrected chi connectivity index (χ0v) is 12.6. The van der Waals surface area contributed by atoms with Gasteiger partial charge in [0.15, 0.2) is 0 Å². The molecule has 2 N–H and O–H groups in total. The standard InChI is InChI=1S/C17H19ClN2O/c18-16-8-6-14(7-9-16)10-11-19-13-17(21)20-12-15-4-2-1-3-5-15/h1-9,19H,10-13H2,(H,20,21). The number of halogens is 1. The first kappa shape index (κ1) is 15.5. The van der Waals surface area contributed by atoms with Crippen LogP contribution in [0, 0.1) is 0 Å². The number of rotatable bonds is 7. The second-order valence-corrected chi connectivity index (χ2v) is 5.25. The van der Waals surface area contributed by atoms with Gasteiger partial charge in [0.2, 0.25) is 5.91 Å². The molecule has 1 amide bonds. The molecule has 0 saturated heterocycles. The molecule has 2 aromatic carbocycles. The Morgan fingerprint density at radius 2 is 1.67 bits per heavy atom. The highest BCUT2D eigenvalue weighted by Gasteiger charge is 2.00. The monoisotopic (exact) mass is 302 g/mol. The van der Waals surface area contributed by atoms with E-state index in [1.165, 1.54) is 5.56 Å². The topological polar surface area (TPSA) is 41.1 Å². The van der Waals surface area contributed by atoms with E-state index in [2.05, 4.69) is 10.6 Å². The van der Waals surface area contributed by atoms with Gasteiger partial charge in [0.25, 0.3) is 0 Å². The Labute approximate surface area is 130 Å². The van der Waals surface area contributed by atoms with Crippen molar-refractivity contribution >= 4 is 17.5 Å². The molecule has 0 spiro atoms. The zero-order chi connectivity index (χ0) is 14.9. The van der Waals surface area contributed by atoms with Crippen molar-refractivity contribution in [3.05, 3.63) is 70.7 Å². The average molecular weight is 303 g/mol. The van der Waals surface area contributed by atoms with Crippen LogP contribution >= 0.6 is 11.6 Å². The van der Waals surface area contributed by atoms with Gasteiger partial charge in [0.1, 0.15) is 0 Å². The van der Waals surface area contributed by atoms with E-state index in [1.807, 2.05) is 54.6 Å². The maximum Gasteiger partial charge on any atom is 0.234 e. The lowest BCUT2D eigenvalue weighted by molar-refractivity contribution is -0.120. The lowest BCUT2D eigenvalue weighted by Gasteiger charge is -2.07. The lowest BCUT2D eigenvalue weighted by Crippen LogP contribution is -2.34. The van der Waals surface area contributed by atoms with Crippen LogP contribution in [0.25, 0.3) is 0 Å². The van der Waals surface area contributed by atoms with Gasteiger partial charge in [-0.05, 0) is 36.2 Å². The minimum Gasteiger partial charge on any atom is -0.351 e. The normalized spacial score (nSPS) is 10.3. The summed E-state index contributed by atoms with van der Waals surface area (Å²) in [5, 5.41) is 6.77. The number of amides is 1. The third kappa shape index (κ3) is 5.98. The molecule has 110 valence electrons. The van der Waals surface area contributed by atoms with Gasteiger partial charge < -0.3 is 10.6 Å². The van der Waals surface area contributed by atoms with E-state index in [9.17, 15) is 4.79 Å². The number of benzene rings is 2. The Morgan fingerprint density at radius 1 is 0.952 bits per heavy atom. The lowest BCUT2D eigenvalue weighted by atomic mass is 10.1. The second-order valence-electron chi connectivity index (χ2n) is 4.82. The average Bonchev–Trinajstić information content (AvgIpc) is 2.52. The van der Waals surface area contributed by atoms with Crippen molar-refractivity contribution < 1.29 is 4.79 Å². The number of carbonyl (C=O) groups excluding carboxylic acids is 1. The van der Waals surface area contributed by atoms with Crippen LogP contribution in [0.5, 0.6) is 0 Å². The molecule has 0 saturated carbocycles. The number of carbonyl (C=O) groups is 1. The molecule has 0 aliphatic heterocycles. The SMILES string of the molecule is O=C(CNCCc1ccc(Cl)cc1)NCc1ccccc1. The predicted molar refractivity (Wildman–Crippen MR) is 86.3 cm³/mol. The smallest absolute Gasteiger partial charge is 0.234 e. The van der Waals surface area contributed by atoms with E-state index in [0.717, 1.165) is 23.6 Å². The molecule has 0 heterocycles. The Balaban J connectivity index is 1.60. The van der Waals surface area contributed by atoms with E-state index in [0.29, 0.717) is 13.1 Å². The van der Waals surface area contributed by atoms with Gasteiger partial charge in [-0.25, -0.2) is 0 Å². The molecule has 2 rings (SSSR count). The maximum absolute atomic E-state index is 11.7. The summed E-state index contributed by atoms with van der Waals surface area (Å²) in [6.45, 7) is 1.67. The van der Waals surface area contributed by atoms with E-state index in [4.69, 9.17) is 11.6 Å². The number of nitrogens with one attached hydrogen (secondary N) is 2. The Bertz CT molecular complexity index is 555. The first-order valence-corrected chi connectivity index (χ1v) is 7.37. The summed E-state index contributed by atoms with van der Waals surface area (Å²) in [6, 6.07) is 17.6. The fourth-order valence-corrected chi connectivity index (χ4v) is 2.07. The molecular formula is C17H19ClN2O. The summed E-state index contributed by atoms with van der Waals surface area (Å²) < 4.78 is 0. The molecule has 2 aromatic rings. The van der Waals surface area contributed by atoms with Crippen molar-refractivity contribution in [3.8, 4) is 0 Å². The van der Waals surface area contributed by atoms with Crippen molar-refractivity contribution in [2.24, 2.45) is 0 Å². The van der Waals surface area contributed by atoms with Crippen LogP contribution in [-0.2, 0) is 17.8 Å². The minimum atomic E-state index is 0.00922. The van der Waals surface area contributed by atoms with Crippen LogP contribution in [-0.4, -0.2) is 19.0 Å². The molecule has 3 nitrogen and oxygen atoms in total.